The van der Waals surface area contributed by atoms with Gasteiger partial charge in [-0.2, -0.15) is 0 Å². The van der Waals surface area contributed by atoms with Gasteiger partial charge in [-0.1, -0.05) is 19.4 Å². The van der Waals surface area contributed by atoms with E-state index in [1.54, 1.807) is 7.11 Å². The van der Waals surface area contributed by atoms with Crippen molar-refractivity contribution in [3.63, 3.8) is 0 Å². The van der Waals surface area contributed by atoms with E-state index in [9.17, 15) is 0 Å². The van der Waals surface area contributed by atoms with Gasteiger partial charge >= 0.3 is 0 Å². The fourth-order valence-electron chi connectivity index (χ4n) is 4.17. The Morgan fingerprint density at radius 3 is 2.63 bits per heavy atom. The first kappa shape index (κ1) is 13.0. The molecule has 19 heavy (non-hydrogen) atoms. The van der Waals surface area contributed by atoms with Crippen LogP contribution in [-0.4, -0.2) is 13.7 Å². The normalized spacial score (nSPS) is 29.9. The molecule has 1 aromatic carbocycles. The Bertz CT molecular complexity index is 447. The van der Waals surface area contributed by atoms with E-state index in [2.05, 4.69) is 37.4 Å². The monoisotopic (exact) mass is 259 g/mol. The molecular formula is C17H25NO. The van der Waals surface area contributed by atoms with Gasteiger partial charge in [0.2, 0.25) is 0 Å². The third kappa shape index (κ3) is 2.27. The van der Waals surface area contributed by atoms with Crippen molar-refractivity contribution in [2.24, 2.45) is 17.8 Å². The van der Waals surface area contributed by atoms with Gasteiger partial charge < -0.3 is 10.1 Å². The molecule has 0 radical (unpaired) electrons. The van der Waals surface area contributed by atoms with Crippen molar-refractivity contribution >= 4 is 0 Å². The summed E-state index contributed by atoms with van der Waals surface area (Å²) < 4.78 is 5.32. The van der Waals surface area contributed by atoms with Crippen LogP contribution in [0.2, 0.25) is 0 Å². The van der Waals surface area contributed by atoms with Crippen LogP contribution in [-0.2, 0) is 0 Å². The molecule has 2 fully saturated rings. The quantitative estimate of drug-likeness (QED) is 0.870. The third-order valence-electron chi connectivity index (χ3n) is 5.09. The van der Waals surface area contributed by atoms with Gasteiger partial charge in [-0.25, -0.2) is 0 Å². The van der Waals surface area contributed by atoms with Gasteiger partial charge in [0.1, 0.15) is 5.75 Å². The van der Waals surface area contributed by atoms with E-state index in [0.717, 1.165) is 30.0 Å². The highest BCUT2D eigenvalue weighted by Gasteiger charge is 2.56. The molecule has 104 valence electrons. The maximum atomic E-state index is 5.32. The summed E-state index contributed by atoms with van der Waals surface area (Å²) in [4.78, 5) is 0. The molecule has 3 rings (SSSR count). The van der Waals surface area contributed by atoms with Crippen molar-refractivity contribution in [2.45, 2.75) is 39.2 Å². The lowest BCUT2D eigenvalue weighted by molar-refractivity contribution is 0.409. The van der Waals surface area contributed by atoms with E-state index in [1.165, 1.54) is 30.4 Å². The number of hydrogen-bond acceptors (Lipinski definition) is 2. The second kappa shape index (κ2) is 5.16. The highest BCUT2D eigenvalue weighted by molar-refractivity contribution is 5.38. The number of aryl methyl sites for hydroxylation is 1. The molecule has 0 aliphatic heterocycles. The molecule has 1 aromatic rings. The maximum Gasteiger partial charge on any atom is 0.119 e. The highest BCUT2D eigenvalue weighted by atomic mass is 16.5. The molecule has 3 atom stereocenters. The second-order valence-electron chi connectivity index (χ2n) is 6.09. The topological polar surface area (TPSA) is 21.3 Å². The van der Waals surface area contributed by atoms with Crippen LogP contribution in [0.4, 0.5) is 0 Å². The van der Waals surface area contributed by atoms with Gasteiger partial charge in [0, 0.05) is 6.04 Å². The van der Waals surface area contributed by atoms with E-state index < -0.39 is 0 Å². The molecule has 3 unspecified atom stereocenters. The predicted octanol–water partition coefficient (Wildman–Crippen LogP) is 3.70. The van der Waals surface area contributed by atoms with E-state index in [-0.39, 0.29) is 0 Å². The van der Waals surface area contributed by atoms with Crippen LogP contribution in [0.1, 0.15) is 43.4 Å². The Labute approximate surface area is 116 Å². The zero-order valence-electron chi connectivity index (χ0n) is 12.3. The Morgan fingerprint density at radius 1 is 1.32 bits per heavy atom. The highest BCUT2D eigenvalue weighted by Crippen LogP contribution is 2.62. The van der Waals surface area contributed by atoms with Crippen molar-refractivity contribution in [1.29, 1.82) is 0 Å². The SMILES string of the molecule is CCNC(c1ccc(OC)cc1C)C1C2CCCC21. The molecule has 0 heterocycles. The standard InChI is InChI=1S/C17H25NO/c1-4-18-17(16-14-6-5-7-15(14)16)13-9-8-12(19-3)10-11(13)2/h8-10,14-18H,4-7H2,1-3H3. The van der Waals surface area contributed by atoms with E-state index >= 15 is 0 Å². The Hall–Kier alpha value is -1.02. The summed E-state index contributed by atoms with van der Waals surface area (Å²) in [6.45, 7) is 5.47. The number of rotatable bonds is 5. The van der Waals surface area contributed by atoms with Gasteiger partial charge in [0.15, 0.2) is 0 Å². The summed E-state index contributed by atoms with van der Waals surface area (Å²) in [7, 11) is 1.74. The van der Waals surface area contributed by atoms with Gasteiger partial charge in [-0.15, -0.1) is 0 Å². The number of fused-ring (bicyclic) bond motifs is 1. The van der Waals surface area contributed by atoms with Gasteiger partial charge in [-0.3, -0.25) is 0 Å². The largest absolute Gasteiger partial charge is 0.497 e. The summed E-state index contributed by atoms with van der Waals surface area (Å²) in [6, 6.07) is 7.07. The molecule has 0 amide bonds. The van der Waals surface area contributed by atoms with Crippen LogP contribution in [0.5, 0.6) is 5.75 Å². The molecule has 2 heteroatoms. The average Bonchev–Trinajstić information content (AvgIpc) is 2.88. The Morgan fingerprint density at radius 2 is 2.05 bits per heavy atom. The molecule has 2 aliphatic carbocycles. The second-order valence-corrected chi connectivity index (χ2v) is 6.09. The Kier molecular flexibility index (Phi) is 3.53. The molecule has 2 saturated carbocycles. The molecule has 2 aliphatic rings. The number of methoxy groups -OCH3 is 1. The number of hydrogen-bond donors (Lipinski definition) is 1. The van der Waals surface area contributed by atoms with Crippen molar-refractivity contribution in [3.8, 4) is 5.75 Å². The first-order chi connectivity index (χ1) is 9.26. The molecule has 1 N–H and O–H groups in total. The van der Waals surface area contributed by atoms with Crippen molar-refractivity contribution in [1.82, 2.24) is 5.32 Å². The minimum absolute atomic E-state index is 0.547. The van der Waals surface area contributed by atoms with Crippen molar-refractivity contribution < 1.29 is 4.74 Å². The lowest BCUT2D eigenvalue weighted by atomic mass is 9.93. The summed E-state index contributed by atoms with van der Waals surface area (Å²) in [6.07, 6.45) is 4.35. The first-order valence-electron chi connectivity index (χ1n) is 7.64. The van der Waals surface area contributed by atoms with Crippen molar-refractivity contribution in [3.05, 3.63) is 29.3 Å². The molecule has 0 bridgehead atoms. The van der Waals surface area contributed by atoms with Gasteiger partial charge in [0.05, 0.1) is 7.11 Å². The molecular weight excluding hydrogens is 234 g/mol. The van der Waals surface area contributed by atoms with Crippen LogP contribution in [0.3, 0.4) is 0 Å². The molecule has 0 spiro atoms. The number of nitrogens with one attached hydrogen (secondary N) is 1. The summed E-state index contributed by atoms with van der Waals surface area (Å²) >= 11 is 0. The zero-order chi connectivity index (χ0) is 13.4. The molecule has 2 nitrogen and oxygen atoms in total. The van der Waals surface area contributed by atoms with E-state index in [1.807, 2.05) is 0 Å². The number of benzene rings is 1. The lowest BCUT2D eigenvalue weighted by Crippen LogP contribution is -2.25. The van der Waals surface area contributed by atoms with Crippen molar-refractivity contribution in [2.75, 3.05) is 13.7 Å². The zero-order valence-corrected chi connectivity index (χ0v) is 12.3. The third-order valence-corrected chi connectivity index (χ3v) is 5.09. The van der Waals surface area contributed by atoms with E-state index in [4.69, 9.17) is 4.74 Å². The summed E-state index contributed by atoms with van der Waals surface area (Å²) in [5.41, 5.74) is 2.83. The smallest absolute Gasteiger partial charge is 0.119 e. The maximum absolute atomic E-state index is 5.32. The summed E-state index contributed by atoms with van der Waals surface area (Å²) in [5.74, 6) is 3.82. The Balaban J connectivity index is 1.84. The summed E-state index contributed by atoms with van der Waals surface area (Å²) in [5, 5.41) is 3.73. The van der Waals surface area contributed by atoms with E-state index in [0.29, 0.717) is 6.04 Å². The average molecular weight is 259 g/mol. The van der Waals surface area contributed by atoms with Crippen LogP contribution < -0.4 is 10.1 Å². The molecule has 0 aromatic heterocycles. The van der Waals surface area contributed by atoms with Gasteiger partial charge in [-0.05, 0) is 67.3 Å². The minimum Gasteiger partial charge on any atom is -0.497 e. The molecule has 0 saturated heterocycles. The fraction of sp³-hybridized carbons (Fsp3) is 0.647. The number of ether oxygens (including phenoxy) is 1. The van der Waals surface area contributed by atoms with Crippen LogP contribution in [0.25, 0.3) is 0 Å². The van der Waals surface area contributed by atoms with Crippen LogP contribution in [0, 0.1) is 24.7 Å². The fourth-order valence-corrected chi connectivity index (χ4v) is 4.17. The van der Waals surface area contributed by atoms with Gasteiger partial charge in [0.25, 0.3) is 0 Å². The first-order valence-corrected chi connectivity index (χ1v) is 7.64. The predicted molar refractivity (Wildman–Crippen MR) is 78.5 cm³/mol. The van der Waals surface area contributed by atoms with Crippen LogP contribution in [0.15, 0.2) is 18.2 Å². The lowest BCUT2D eigenvalue weighted by Gasteiger charge is -2.22. The van der Waals surface area contributed by atoms with Crippen LogP contribution >= 0.6 is 0 Å². The minimum atomic E-state index is 0.547.